The van der Waals surface area contributed by atoms with Crippen molar-refractivity contribution in [3.8, 4) is 5.75 Å². The number of piperidine rings is 1. The Kier molecular flexibility index (Phi) is 6.98. The Morgan fingerprint density at radius 2 is 1.76 bits per heavy atom. The summed E-state index contributed by atoms with van der Waals surface area (Å²) >= 11 is 0. The first-order valence-corrected chi connectivity index (χ1v) is 11.7. The second kappa shape index (κ2) is 9.75. The summed E-state index contributed by atoms with van der Waals surface area (Å²) in [7, 11) is 0. The number of hydrogen-bond donors (Lipinski definition) is 0. The SMILES string of the molecule is CCCN1CCC(Cc2cc(C)c3c(c2)CN(Cc2ccc(OC(F)(F)F)cc2)C3=O)CC1. The van der Waals surface area contributed by atoms with Crippen molar-refractivity contribution in [3.05, 3.63) is 64.2 Å². The van der Waals surface area contributed by atoms with Gasteiger partial charge in [-0.2, -0.15) is 0 Å². The van der Waals surface area contributed by atoms with Gasteiger partial charge in [-0.05, 0) is 92.5 Å². The number of likely N-dealkylation sites (tertiary alicyclic amines) is 1. The van der Waals surface area contributed by atoms with Gasteiger partial charge in [-0.3, -0.25) is 4.79 Å². The number of carbonyl (C=O) groups excluding carboxylic acids is 1. The van der Waals surface area contributed by atoms with Gasteiger partial charge in [0.05, 0.1) is 0 Å². The topological polar surface area (TPSA) is 32.8 Å². The molecular formula is C26H31F3N2O2. The molecule has 1 saturated heterocycles. The average molecular weight is 461 g/mol. The van der Waals surface area contributed by atoms with Crippen LogP contribution in [0.4, 0.5) is 13.2 Å². The molecule has 1 fully saturated rings. The highest BCUT2D eigenvalue weighted by Gasteiger charge is 2.32. The average Bonchev–Trinajstić information content (AvgIpc) is 3.05. The van der Waals surface area contributed by atoms with Crippen LogP contribution in [0.25, 0.3) is 0 Å². The van der Waals surface area contributed by atoms with Crippen LogP contribution in [0.3, 0.4) is 0 Å². The molecule has 2 heterocycles. The third-order valence-corrected chi connectivity index (χ3v) is 6.64. The molecule has 0 N–H and O–H groups in total. The molecule has 178 valence electrons. The Balaban J connectivity index is 1.39. The third-order valence-electron chi connectivity index (χ3n) is 6.64. The molecule has 0 atom stereocenters. The molecule has 0 aromatic heterocycles. The number of nitrogens with zero attached hydrogens (tertiary/aromatic N) is 2. The van der Waals surface area contributed by atoms with Crippen LogP contribution in [-0.4, -0.2) is 41.7 Å². The fourth-order valence-electron chi connectivity index (χ4n) is 5.13. The predicted molar refractivity (Wildman–Crippen MR) is 121 cm³/mol. The number of amides is 1. The van der Waals surface area contributed by atoms with E-state index in [9.17, 15) is 18.0 Å². The summed E-state index contributed by atoms with van der Waals surface area (Å²) in [5.41, 5.74) is 4.89. The van der Waals surface area contributed by atoms with Crippen molar-refractivity contribution in [2.75, 3.05) is 19.6 Å². The van der Waals surface area contributed by atoms with Gasteiger partial charge in [0.15, 0.2) is 0 Å². The molecule has 0 spiro atoms. The number of rotatable bonds is 7. The number of halogens is 3. The van der Waals surface area contributed by atoms with Crippen molar-refractivity contribution in [3.63, 3.8) is 0 Å². The van der Waals surface area contributed by atoms with Crippen molar-refractivity contribution in [2.24, 2.45) is 5.92 Å². The van der Waals surface area contributed by atoms with Gasteiger partial charge in [-0.25, -0.2) is 0 Å². The molecule has 0 unspecified atom stereocenters. The smallest absolute Gasteiger partial charge is 0.406 e. The molecule has 0 aliphatic carbocycles. The first-order valence-electron chi connectivity index (χ1n) is 11.7. The van der Waals surface area contributed by atoms with Crippen molar-refractivity contribution < 1.29 is 22.7 Å². The lowest BCUT2D eigenvalue weighted by Crippen LogP contribution is -2.34. The van der Waals surface area contributed by atoms with Crippen molar-refractivity contribution in [2.45, 2.75) is 59.0 Å². The van der Waals surface area contributed by atoms with Crippen LogP contribution in [-0.2, 0) is 19.5 Å². The number of aryl methyl sites for hydroxylation is 1. The van der Waals surface area contributed by atoms with E-state index in [2.05, 4.69) is 28.7 Å². The highest BCUT2D eigenvalue weighted by Crippen LogP contribution is 2.31. The first-order chi connectivity index (χ1) is 15.7. The molecule has 0 radical (unpaired) electrons. The van der Waals surface area contributed by atoms with Gasteiger partial charge < -0.3 is 14.5 Å². The number of benzene rings is 2. The molecule has 2 aromatic carbocycles. The number of hydrogen-bond acceptors (Lipinski definition) is 3. The summed E-state index contributed by atoms with van der Waals surface area (Å²) in [6, 6.07) is 10.0. The Morgan fingerprint density at radius 1 is 1.06 bits per heavy atom. The van der Waals surface area contributed by atoms with Gasteiger partial charge in [0.25, 0.3) is 5.91 Å². The van der Waals surface area contributed by atoms with Crippen LogP contribution >= 0.6 is 0 Å². The lowest BCUT2D eigenvalue weighted by atomic mass is 9.88. The minimum absolute atomic E-state index is 0.0162. The second-order valence-electron chi connectivity index (χ2n) is 9.29. The predicted octanol–water partition coefficient (Wildman–Crippen LogP) is 5.71. The molecule has 2 aromatic rings. The highest BCUT2D eigenvalue weighted by molar-refractivity contribution is 5.99. The molecule has 2 aliphatic heterocycles. The Hall–Kier alpha value is -2.54. The van der Waals surface area contributed by atoms with Gasteiger partial charge in [-0.1, -0.05) is 31.2 Å². The molecule has 2 aliphatic rings. The number of carbonyl (C=O) groups is 1. The van der Waals surface area contributed by atoms with E-state index in [0.717, 1.165) is 28.7 Å². The van der Waals surface area contributed by atoms with Crippen LogP contribution in [0, 0.1) is 12.8 Å². The van der Waals surface area contributed by atoms with Gasteiger partial charge in [0, 0.05) is 18.7 Å². The maximum absolute atomic E-state index is 13.0. The van der Waals surface area contributed by atoms with Gasteiger partial charge >= 0.3 is 6.36 Å². The quantitative estimate of drug-likeness (QED) is 0.530. The Morgan fingerprint density at radius 3 is 2.39 bits per heavy atom. The number of fused-ring (bicyclic) bond motifs is 1. The minimum atomic E-state index is -4.71. The summed E-state index contributed by atoms with van der Waals surface area (Å²) in [5, 5.41) is 0. The van der Waals surface area contributed by atoms with E-state index in [-0.39, 0.29) is 11.7 Å². The largest absolute Gasteiger partial charge is 0.573 e. The third kappa shape index (κ3) is 5.88. The summed E-state index contributed by atoms with van der Waals surface area (Å²) in [6.07, 6.45) is -0.0338. The maximum Gasteiger partial charge on any atom is 0.573 e. The first kappa shape index (κ1) is 23.6. The zero-order valence-corrected chi connectivity index (χ0v) is 19.3. The van der Waals surface area contributed by atoms with Crippen molar-refractivity contribution in [1.82, 2.24) is 9.80 Å². The van der Waals surface area contributed by atoms with Crippen LogP contribution in [0.15, 0.2) is 36.4 Å². The standard InChI is InChI=1S/C26H31F3N2O2/c1-3-10-30-11-8-19(9-12-30)14-21-13-18(2)24-22(15-21)17-31(25(24)32)16-20-4-6-23(7-5-20)33-26(27,28)29/h4-7,13,15,19H,3,8-12,14,16-17H2,1-2H3. The fourth-order valence-corrected chi connectivity index (χ4v) is 5.13. The Labute approximate surface area is 193 Å². The van der Waals surface area contributed by atoms with E-state index in [1.807, 2.05) is 6.92 Å². The zero-order valence-electron chi connectivity index (χ0n) is 19.3. The van der Waals surface area contributed by atoms with Crippen LogP contribution < -0.4 is 4.74 Å². The summed E-state index contributed by atoms with van der Waals surface area (Å²) in [5.74, 6) is 0.405. The normalized spacial score (nSPS) is 17.5. The number of ether oxygens (including phenoxy) is 1. The number of alkyl halides is 3. The van der Waals surface area contributed by atoms with Gasteiger partial charge in [-0.15, -0.1) is 13.2 Å². The summed E-state index contributed by atoms with van der Waals surface area (Å²) in [4.78, 5) is 17.3. The molecule has 1 amide bonds. The molecule has 0 bridgehead atoms. The van der Waals surface area contributed by atoms with E-state index in [4.69, 9.17) is 0 Å². The van der Waals surface area contributed by atoms with E-state index in [1.165, 1.54) is 56.6 Å². The van der Waals surface area contributed by atoms with Crippen LogP contribution in [0.1, 0.15) is 58.8 Å². The fraction of sp³-hybridized carbons (Fsp3) is 0.500. The van der Waals surface area contributed by atoms with Crippen LogP contribution in [0.5, 0.6) is 5.75 Å². The summed E-state index contributed by atoms with van der Waals surface area (Å²) < 4.78 is 41.0. The van der Waals surface area contributed by atoms with Crippen molar-refractivity contribution >= 4 is 5.91 Å². The second-order valence-corrected chi connectivity index (χ2v) is 9.29. The van der Waals surface area contributed by atoms with Gasteiger partial charge in [0.1, 0.15) is 5.75 Å². The lowest BCUT2D eigenvalue weighted by molar-refractivity contribution is -0.274. The van der Waals surface area contributed by atoms with E-state index in [1.54, 1.807) is 17.0 Å². The molecule has 7 heteroatoms. The maximum atomic E-state index is 13.0. The van der Waals surface area contributed by atoms with Gasteiger partial charge in [0.2, 0.25) is 0 Å². The summed E-state index contributed by atoms with van der Waals surface area (Å²) in [6.45, 7) is 8.62. The molecule has 4 nitrogen and oxygen atoms in total. The van der Waals surface area contributed by atoms with Crippen LogP contribution in [0.2, 0.25) is 0 Å². The van der Waals surface area contributed by atoms with Crippen molar-refractivity contribution in [1.29, 1.82) is 0 Å². The molecule has 0 saturated carbocycles. The van der Waals surface area contributed by atoms with E-state index >= 15 is 0 Å². The molecule has 33 heavy (non-hydrogen) atoms. The Bertz CT molecular complexity index is 980. The highest BCUT2D eigenvalue weighted by atomic mass is 19.4. The lowest BCUT2D eigenvalue weighted by Gasteiger charge is -2.31. The molecular weight excluding hydrogens is 429 g/mol. The zero-order chi connectivity index (χ0) is 23.6. The van der Waals surface area contributed by atoms with E-state index in [0.29, 0.717) is 19.0 Å². The van der Waals surface area contributed by atoms with E-state index < -0.39 is 6.36 Å². The monoisotopic (exact) mass is 460 g/mol. The molecule has 4 rings (SSSR count). The minimum Gasteiger partial charge on any atom is -0.406 e.